The van der Waals surface area contributed by atoms with Crippen LogP contribution in [0, 0.1) is 6.92 Å². The van der Waals surface area contributed by atoms with Gasteiger partial charge in [0.05, 0.1) is 7.11 Å². The smallest absolute Gasteiger partial charge is 0.323 e. The van der Waals surface area contributed by atoms with Gasteiger partial charge >= 0.3 is 6.03 Å². The number of carbonyl (C=O) groups excluding carboxylic acids is 2. The van der Waals surface area contributed by atoms with Gasteiger partial charge in [0.2, 0.25) is 0 Å². The Hall–Kier alpha value is -4.26. The molecular weight excluding hydrogens is 430 g/mol. The highest BCUT2D eigenvalue weighted by Gasteiger charge is 2.09. The number of carbonyl (C=O) groups is 2. The Kier molecular flexibility index (Phi) is 8.68. The maximum absolute atomic E-state index is 12.3. The molecule has 7 nitrogen and oxygen atoms in total. The van der Waals surface area contributed by atoms with Gasteiger partial charge in [-0.2, -0.15) is 0 Å². The monoisotopic (exact) mass is 459 g/mol. The van der Waals surface area contributed by atoms with Crippen molar-refractivity contribution < 1.29 is 19.1 Å². The first-order valence-corrected chi connectivity index (χ1v) is 10.9. The van der Waals surface area contributed by atoms with Crippen LogP contribution in [0.25, 0.3) is 0 Å². The van der Waals surface area contributed by atoms with E-state index in [9.17, 15) is 9.59 Å². The lowest BCUT2D eigenvalue weighted by Crippen LogP contribution is -2.28. The van der Waals surface area contributed by atoms with Crippen LogP contribution >= 0.6 is 0 Å². The van der Waals surface area contributed by atoms with Crippen LogP contribution in [0.4, 0.5) is 16.2 Å². The number of hydrogen-bond acceptors (Lipinski definition) is 4. The maximum atomic E-state index is 12.3. The first-order valence-electron chi connectivity index (χ1n) is 10.9. The Labute approximate surface area is 199 Å². The van der Waals surface area contributed by atoms with Crippen molar-refractivity contribution in [2.24, 2.45) is 0 Å². The molecule has 0 aliphatic heterocycles. The molecule has 3 N–H and O–H groups in total. The van der Waals surface area contributed by atoms with E-state index in [2.05, 4.69) is 22.5 Å². The quantitative estimate of drug-likeness (QED) is 0.369. The highest BCUT2D eigenvalue weighted by Crippen LogP contribution is 2.28. The second kappa shape index (κ2) is 12.1. The molecule has 0 aliphatic carbocycles. The third kappa shape index (κ3) is 7.41. The van der Waals surface area contributed by atoms with Crippen molar-refractivity contribution in [1.29, 1.82) is 0 Å². The molecule has 0 bridgehead atoms. The standard InChI is InChI=1S/C27H29N3O4/c1-4-7-20-12-13-24(25(16-20)33-3)34-18-26(31)28-17-21-9-6-11-23(15-21)30-27(32)29-22-10-5-8-19(2)14-22/h4-6,8-16H,1,7,17-18H2,2-3H3,(H,28,31)(H2,29,30,32). The Morgan fingerprint density at radius 2 is 1.65 bits per heavy atom. The van der Waals surface area contributed by atoms with E-state index in [0.29, 0.717) is 29.4 Å². The molecule has 0 atom stereocenters. The number of amides is 3. The van der Waals surface area contributed by atoms with Crippen LogP contribution in [-0.2, 0) is 17.8 Å². The molecule has 0 saturated heterocycles. The average molecular weight is 460 g/mol. The van der Waals surface area contributed by atoms with Gasteiger partial charge in [-0.25, -0.2) is 4.79 Å². The van der Waals surface area contributed by atoms with Crippen molar-refractivity contribution in [1.82, 2.24) is 5.32 Å². The summed E-state index contributed by atoms with van der Waals surface area (Å²) in [4.78, 5) is 24.6. The molecule has 0 fully saturated rings. The molecule has 3 amide bonds. The zero-order chi connectivity index (χ0) is 24.3. The molecule has 176 valence electrons. The number of benzene rings is 3. The second-order valence-electron chi connectivity index (χ2n) is 7.69. The summed E-state index contributed by atoms with van der Waals surface area (Å²) in [7, 11) is 1.56. The topological polar surface area (TPSA) is 88.7 Å². The van der Waals surface area contributed by atoms with E-state index in [-0.39, 0.29) is 18.5 Å². The van der Waals surface area contributed by atoms with Crippen molar-refractivity contribution in [2.45, 2.75) is 19.9 Å². The molecule has 0 spiro atoms. The van der Waals surface area contributed by atoms with Crippen molar-refractivity contribution >= 4 is 23.3 Å². The zero-order valence-electron chi connectivity index (χ0n) is 19.4. The highest BCUT2D eigenvalue weighted by atomic mass is 16.5. The summed E-state index contributed by atoms with van der Waals surface area (Å²) in [6.45, 7) is 5.84. The fourth-order valence-electron chi connectivity index (χ4n) is 3.30. The van der Waals surface area contributed by atoms with Crippen molar-refractivity contribution in [3.63, 3.8) is 0 Å². The summed E-state index contributed by atoms with van der Waals surface area (Å²) >= 11 is 0. The number of rotatable bonds is 10. The second-order valence-corrected chi connectivity index (χ2v) is 7.69. The van der Waals surface area contributed by atoms with Gasteiger partial charge in [0.1, 0.15) is 0 Å². The Morgan fingerprint density at radius 3 is 2.35 bits per heavy atom. The molecule has 0 aromatic heterocycles. The van der Waals surface area contributed by atoms with Crippen LogP contribution in [-0.4, -0.2) is 25.7 Å². The summed E-state index contributed by atoms with van der Waals surface area (Å²) < 4.78 is 11.0. The summed E-state index contributed by atoms with van der Waals surface area (Å²) in [5.41, 5.74) is 4.28. The van der Waals surface area contributed by atoms with Gasteiger partial charge in [0, 0.05) is 17.9 Å². The molecule has 0 saturated carbocycles. The van der Waals surface area contributed by atoms with E-state index < -0.39 is 0 Å². The van der Waals surface area contributed by atoms with E-state index in [0.717, 1.165) is 23.1 Å². The van der Waals surface area contributed by atoms with Crippen LogP contribution in [0.2, 0.25) is 0 Å². The zero-order valence-corrected chi connectivity index (χ0v) is 19.4. The third-order valence-corrected chi connectivity index (χ3v) is 4.92. The van der Waals surface area contributed by atoms with E-state index in [1.807, 2.05) is 61.5 Å². The minimum absolute atomic E-state index is 0.145. The van der Waals surface area contributed by atoms with Gasteiger partial charge in [-0.05, 0) is 66.4 Å². The van der Waals surface area contributed by atoms with Gasteiger partial charge in [-0.3, -0.25) is 4.79 Å². The van der Waals surface area contributed by atoms with Crippen molar-refractivity contribution in [3.05, 3.63) is 96.1 Å². The summed E-state index contributed by atoms with van der Waals surface area (Å²) in [6.07, 6.45) is 2.53. The fraction of sp³-hybridized carbons (Fsp3) is 0.185. The largest absolute Gasteiger partial charge is 0.493 e. The number of aryl methyl sites for hydroxylation is 1. The number of urea groups is 1. The maximum Gasteiger partial charge on any atom is 0.323 e. The molecule has 34 heavy (non-hydrogen) atoms. The lowest BCUT2D eigenvalue weighted by atomic mass is 10.1. The van der Waals surface area contributed by atoms with Gasteiger partial charge in [-0.15, -0.1) is 6.58 Å². The summed E-state index contributed by atoms with van der Waals surface area (Å²) in [5.74, 6) is 0.791. The lowest BCUT2D eigenvalue weighted by Gasteiger charge is -2.12. The highest BCUT2D eigenvalue weighted by molar-refractivity contribution is 5.99. The molecule has 3 aromatic carbocycles. The fourth-order valence-corrected chi connectivity index (χ4v) is 3.30. The van der Waals surface area contributed by atoms with E-state index in [1.165, 1.54) is 0 Å². The van der Waals surface area contributed by atoms with E-state index >= 15 is 0 Å². The number of ether oxygens (including phenoxy) is 2. The van der Waals surface area contributed by atoms with Gasteiger partial charge in [-0.1, -0.05) is 36.4 Å². The molecule has 0 heterocycles. The summed E-state index contributed by atoms with van der Waals surface area (Å²) in [6, 6.07) is 20.0. The number of nitrogens with one attached hydrogen (secondary N) is 3. The van der Waals surface area contributed by atoms with E-state index in [4.69, 9.17) is 9.47 Å². The predicted molar refractivity (Wildman–Crippen MR) is 134 cm³/mol. The molecular formula is C27H29N3O4. The number of allylic oxidation sites excluding steroid dienone is 1. The Balaban J connectivity index is 1.49. The number of methoxy groups -OCH3 is 1. The Bertz CT molecular complexity index is 1160. The van der Waals surface area contributed by atoms with Gasteiger partial charge < -0.3 is 25.4 Å². The predicted octanol–water partition coefficient (Wildman–Crippen LogP) is 5.07. The first-order chi connectivity index (χ1) is 16.5. The van der Waals surface area contributed by atoms with Crippen LogP contribution in [0.15, 0.2) is 79.4 Å². The molecule has 0 aliphatic rings. The summed E-state index contributed by atoms with van der Waals surface area (Å²) in [5, 5.41) is 8.42. The van der Waals surface area contributed by atoms with Crippen LogP contribution in [0.5, 0.6) is 11.5 Å². The minimum atomic E-state index is -0.340. The first kappa shape index (κ1) is 24.4. The molecule has 0 radical (unpaired) electrons. The average Bonchev–Trinajstić information content (AvgIpc) is 2.82. The molecule has 7 heteroatoms. The SMILES string of the molecule is C=CCc1ccc(OCC(=O)NCc2cccc(NC(=O)Nc3cccc(C)c3)c2)c(OC)c1. The van der Waals surface area contributed by atoms with Crippen LogP contribution in [0.3, 0.4) is 0 Å². The van der Waals surface area contributed by atoms with Crippen molar-refractivity contribution in [2.75, 3.05) is 24.4 Å². The molecule has 3 rings (SSSR count). The van der Waals surface area contributed by atoms with Crippen LogP contribution < -0.4 is 25.4 Å². The number of hydrogen-bond donors (Lipinski definition) is 3. The van der Waals surface area contributed by atoms with Crippen molar-refractivity contribution in [3.8, 4) is 11.5 Å². The van der Waals surface area contributed by atoms with Crippen LogP contribution in [0.1, 0.15) is 16.7 Å². The van der Waals surface area contributed by atoms with Gasteiger partial charge in [0.15, 0.2) is 18.1 Å². The normalized spacial score (nSPS) is 10.2. The van der Waals surface area contributed by atoms with E-state index in [1.54, 1.807) is 25.3 Å². The molecule has 3 aromatic rings. The number of anilines is 2. The Morgan fingerprint density at radius 1 is 0.912 bits per heavy atom. The lowest BCUT2D eigenvalue weighted by molar-refractivity contribution is -0.123. The minimum Gasteiger partial charge on any atom is -0.493 e. The third-order valence-electron chi connectivity index (χ3n) is 4.92. The van der Waals surface area contributed by atoms with Gasteiger partial charge in [0.25, 0.3) is 5.91 Å². The molecule has 0 unspecified atom stereocenters.